The van der Waals surface area contributed by atoms with Crippen molar-refractivity contribution < 1.29 is 38.5 Å². The highest BCUT2D eigenvalue weighted by atomic mass is 16.6. The third-order valence-electron chi connectivity index (χ3n) is 7.15. The molecule has 3 aromatic rings. The van der Waals surface area contributed by atoms with Crippen LogP contribution in [0.25, 0.3) is 10.9 Å². The van der Waals surface area contributed by atoms with Crippen molar-refractivity contribution in [1.29, 1.82) is 5.26 Å². The summed E-state index contributed by atoms with van der Waals surface area (Å²) in [6.45, 7) is 11.3. The van der Waals surface area contributed by atoms with E-state index in [4.69, 9.17) is 14.2 Å². The summed E-state index contributed by atoms with van der Waals surface area (Å²) >= 11 is 0. The smallest absolute Gasteiger partial charge is 0.420 e. The van der Waals surface area contributed by atoms with Crippen LogP contribution in [0.5, 0.6) is 0 Å². The zero-order chi connectivity index (χ0) is 35.6. The minimum atomic E-state index is -1.93. The molecule has 4 amide bonds. The summed E-state index contributed by atoms with van der Waals surface area (Å²) in [4.78, 5) is 69.6. The second kappa shape index (κ2) is 13.8. The van der Waals surface area contributed by atoms with Crippen molar-refractivity contribution >= 4 is 46.3 Å². The van der Waals surface area contributed by atoms with E-state index in [-0.39, 0.29) is 35.5 Å². The van der Waals surface area contributed by atoms with Gasteiger partial charge in [-0.1, -0.05) is 6.07 Å². The van der Waals surface area contributed by atoms with E-state index in [0.717, 1.165) is 5.39 Å². The second-order valence-electron chi connectivity index (χ2n) is 13.2. The first kappa shape index (κ1) is 35.6. The van der Waals surface area contributed by atoms with Gasteiger partial charge in [0.15, 0.2) is 12.2 Å². The van der Waals surface area contributed by atoms with E-state index in [9.17, 15) is 34.3 Å². The number of nitriles is 1. The molecule has 0 unspecified atom stereocenters. The number of aromatic nitrogens is 1. The Morgan fingerprint density at radius 1 is 1.06 bits per heavy atom. The number of aryl methyl sites for hydroxylation is 1. The van der Waals surface area contributed by atoms with Gasteiger partial charge in [0.05, 0.1) is 30.3 Å². The number of amides is 4. The van der Waals surface area contributed by atoms with E-state index in [1.165, 1.54) is 29.2 Å². The van der Waals surface area contributed by atoms with E-state index in [0.29, 0.717) is 21.7 Å². The number of pyridine rings is 1. The predicted molar refractivity (Wildman–Crippen MR) is 175 cm³/mol. The molecule has 1 aliphatic heterocycles. The van der Waals surface area contributed by atoms with Gasteiger partial charge in [0.25, 0.3) is 11.8 Å². The average molecular weight is 662 g/mol. The van der Waals surface area contributed by atoms with Gasteiger partial charge in [-0.3, -0.25) is 14.4 Å². The third-order valence-corrected chi connectivity index (χ3v) is 7.15. The zero-order valence-corrected chi connectivity index (χ0v) is 27.9. The molecule has 1 fully saturated rings. The van der Waals surface area contributed by atoms with Crippen LogP contribution in [0.15, 0.2) is 47.3 Å². The quantitative estimate of drug-likeness (QED) is 0.346. The topological polar surface area (TPSA) is 191 Å². The van der Waals surface area contributed by atoms with Crippen molar-refractivity contribution in [1.82, 2.24) is 9.88 Å². The molecule has 1 aromatic heterocycles. The SMILES string of the molecule is Cc1c(N2CCO[C@H]([C@@H](O)C(=O)Nc3ccc(C#N)c(CN(C(=O)OC(C)(C)C)C(=O)OC(C)(C)C)c3)C2=O)ccc2ccc(=O)[nH]c12. The molecule has 14 nitrogen and oxygen atoms in total. The van der Waals surface area contributed by atoms with Gasteiger partial charge in [-0.25, -0.2) is 14.5 Å². The maximum atomic E-state index is 13.5. The number of hydrogen-bond acceptors (Lipinski definition) is 10. The molecule has 48 heavy (non-hydrogen) atoms. The number of benzene rings is 2. The number of anilines is 2. The van der Waals surface area contributed by atoms with Gasteiger partial charge in [0, 0.05) is 24.0 Å². The van der Waals surface area contributed by atoms with E-state index >= 15 is 0 Å². The van der Waals surface area contributed by atoms with Crippen molar-refractivity contribution in [2.45, 2.75) is 78.4 Å². The molecule has 2 atom stereocenters. The number of nitrogens with zero attached hydrogens (tertiary/aromatic N) is 3. The number of aliphatic hydroxyl groups excluding tert-OH is 1. The fourth-order valence-electron chi connectivity index (χ4n) is 4.99. The minimum absolute atomic E-state index is 0.0235. The number of aromatic amines is 1. The van der Waals surface area contributed by atoms with E-state index in [1.807, 2.05) is 6.07 Å². The van der Waals surface area contributed by atoms with Crippen LogP contribution in [0.1, 0.15) is 58.2 Å². The lowest BCUT2D eigenvalue weighted by Gasteiger charge is -2.35. The number of morpholine rings is 1. The monoisotopic (exact) mass is 661 g/mol. The van der Waals surface area contributed by atoms with Crippen molar-refractivity contribution in [2.24, 2.45) is 0 Å². The largest absolute Gasteiger partial charge is 0.443 e. The summed E-state index contributed by atoms with van der Waals surface area (Å²) in [5.74, 6) is -1.63. The van der Waals surface area contributed by atoms with Gasteiger partial charge < -0.3 is 34.5 Å². The summed E-state index contributed by atoms with van der Waals surface area (Å²) in [6.07, 6.45) is -5.48. The van der Waals surface area contributed by atoms with Crippen LogP contribution >= 0.6 is 0 Å². The van der Waals surface area contributed by atoms with E-state index < -0.39 is 54.0 Å². The van der Waals surface area contributed by atoms with Crippen LogP contribution in [0.3, 0.4) is 0 Å². The van der Waals surface area contributed by atoms with Crippen molar-refractivity contribution in [3.8, 4) is 6.07 Å². The second-order valence-corrected chi connectivity index (χ2v) is 13.2. The third kappa shape index (κ3) is 8.36. The number of H-pyrrole nitrogens is 1. The lowest BCUT2D eigenvalue weighted by Crippen LogP contribution is -2.55. The summed E-state index contributed by atoms with van der Waals surface area (Å²) in [5.41, 5.74) is -0.126. The number of carbonyl (C=O) groups excluding carboxylic acids is 4. The molecule has 254 valence electrons. The first-order valence-corrected chi connectivity index (χ1v) is 15.2. The fraction of sp³-hybridized carbons (Fsp3) is 0.412. The van der Waals surface area contributed by atoms with Crippen molar-refractivity contribution in [3.05, 3.63) is 69.5 Å². The molecule has 0 bridgehead atoms. The van der Waals surface area contributed by atoms with Crippen molar-refractivity contribution in [3.63, 3.8) is 0 Å². The molecule has 14 heteroatoms. The number of rotatable bonds is 6. The van der Waals surface area contributed by atoms with Gasteiger partial charge in [0.1, 0.15) is 11.2 Å². The van der Waals surface area contributed by atoms with Gasteiger partial charge in [-0.2, -0.15) is 5.26 Å². The van der Waals surface area contributed by atoms with Crippen LogP contribution in [0.2, 0.25) is 0 Å². The Balaban J connectivity index is 1.55. The molecule has 0 saturated carbocycles. The molecule has 2 aromatic carbocycles. The standard InChI is InChI=1S/C34H39N5O9/c1-19-24(12-9-20-10-13-25(40)37-26(19)20)38-14-15-46-28(30(38)43)27(41)29(42)36-23-11-8-21(17-35)22(16-23)18-39(31(44)47-33(2,3)4)32(45)48-34(5,6)7/h8-13,16,27-28,41H,14-15,18H2,1-7H3,(H,36,42)(H,37,40)/t27-,28-/m1/s1. The maximum Gasteiger partial charge on any atom is 0.420 e. The Kier molecular flexibility index (Phi) is 10.3. The van der Waals surface area contributed by atoms with Gasteiger partial charge in [0.2, 0.25) is 5.56 Å². The molecule has 1 saturated heterocycles. The van der Waals surface area contributed by atoms with Crippen LogP contribution in [-0.4, -0.2) is 75.6 Å². The lowest BCUT2D eigenvalue weighted by molar-refractivity contribution is -0.150. The number of carbonyl (C=O) groups is 4. The maximum absolute atomic E-state index is 13.5. The Morgan fingerprint density at radius 3 is 2.29 bits per heavy atom. The Bertz CT molecular complexity index is 1820. The first-order chi connectivity index (χ1) is 22.4. The Labute approximate surface area is 277 Å². The van der Waals surface area contributed by atoms with E-state index in [2.05, 4.69) is 10.3 Å². The number of imide groups is 1. The number of nitrogens with one attached hydrogen (secondary N) is 2. The molecule has 1 aliphatic rings. The Hall–Kier alpha value is -5.26. The molecular formula is C34H39N5O9. The van der Waals surface area contributed by atoms with Gasteiger partial charge in [-0.05, 0) is 95.3 Å². The number of aliphatic hydroxyl groups is 1. The Morgan fingerprint density at radius 2 is 1.69 bits per heavy atom. The molecule has 3 N–H and O–H groups in total. The number of ether oxygens (including phenoxy) is 3. The van der Waals surface area contributed by atoms with Crippen LogP contribution in [0.4, 0.5) is 21.0 Å². The normalized spacial score (nSPS) is 15.8. The molecule has 0 aliphatic carbocycles. The van der Waals surface area contributed by atoms with E-state index in [1.54, 1.807) is 66.7 Å². The first-order valence-electron chi connectivity index (χ1n) is 15.2. The molecule has 0 spiro atoms. The highest BCUT2D eigenvalue weighted by molar-refractivity contribution is 6.05. The summed E-state index contributed by atoms with van der Waals surface area (Å²) < 4.78 is 16.3. The minimum Gasteiger partial charge on any atom is -0.443 e. The summed E-state index contributed by atoms with van der Waals surface area (Å²) in [6, 6.07) is 12.7. The molecular weight excluding hydrogens is 622 g/mol. The highest BCUT2D eigenvalue weighted by Gasteiger charge is 2.40. The fourth-order valence-corrected chi connectivity index (χ4v) is 4.99. The van der Waals surface area contributed by atoms with Crippen LogP contribution in [0, 0.1) is 18.3 Å². The zero-order valence-electron chi connectivity index (χ0n) is 27.9. The van der Waals surface area contributed by atoms with Crippen molar-refractivity contribution in [2.75, 3.05) is 23.4 Å². The summed E-state index contributed by atoms with van der Waals surface area (Å²) in [7, 11) is 0. The van der Waals surface area contributed by atoms with Gasteiger partial charge >= 0.3 is 12.2 Å². The van der Waals surface area contributed by atoms with Crippen LogP contribution in [-0.2, 0) is 30.3 Å². The van der Waals surface area contributed by atoms with Gasteiger partial charge in [-0.15, -0.1) is 0 Å². The molecule has 2 heterocycles. The number of fused-ring (bicyclic) bond motifs is 1. The predicted octanol–water partition coefficient (Wildman–Crippen LogP) is 4.11. The molecule has 0 radical (unpaired) electrons. The highest BCUT2D eigenvalue weighted by Crippen LogP contribution is 2.29. The summed E-state index contributed by atoms with van der Waals surface area (Å²) in [5, 5.41) is 24.0. The lowest BCUT2D eigenvalue weighted by atomic mass is 10.0. The number of hydrogen-bond donors (Lipinski definition) is 3. The molecule has 4 rings (SSSR count). The average Bonchev–Trinajstić information content (AvgIpc) is 2.98. The van der Waals surface area contributed by atoms with Crippen LogP contribution < -0.4 is 15.8 Å².